The quantitative estimate of drug-likeness (QED) is 0.725. The molecule has 0 radical (unpaired) electrons. The summed E-state index contributed by atoms with van der Waals surface area (Å²) in [6.45, 7) is 4.27. The molecule has 1 aliphatic rings. The molecule has 0 aliphatic heterocycles. The lowest BCUT2D eigenvalue weighted by atomic mass is 10.1. The first-order chi connectivity index (χ1) is 13.3. The minimum atomic E-state index is -1.67. The summed E-state index contributed by atoms with van der Waals surface area (Å²) in [6.07, 6.45) is 3.81. The molecule has 0 unspecified atom stereocenters. The Hall–Kier alpha value is -3.10. The summed E-state index contributed by atoms with van der Waals surface area (Å²) in [6, 6.07) is 3.19. The number of anilines is 1. The van der Waals surface area contributed by atoms with E-state index in [-0.39, 0.29) is 23.4 Å². The van der Waals surface area contributed by atoms with E-state index >= 15 is 0 Å². The lowest BCUT2D eigenvalue weighted by molar-refractivity contribution is -0.114. The molecule has 0 saturated heterocycles. The summed E-state index contributed by atoms with van der Waals surface area (Å²) in [7, 11) is 1.47. The third-order valence-electron chi connectivity index (χ3n) is 4.56. The van der Waals surface area contributed by atoms with Crippen LogP contribution in [0.2, 0.25) is 0 Å². The van der Waals surface area contributed by atoms with Crippen molar-refractivity contribution in [3.05, 3.63) is 29.7 Å². The summed E-state index contributed by atoms with van der Waals surface area (Å²) in [4.78, 5) is 24.5. The number of rotatable bonds is 5. The maximum absolute atomic E-state index is 14.6. The topological polar surface area (TPSA) is 94.8 Å². The normalized spacial score (nSPS) is 14.3. The number of hydrogen-bond donors (Lipinski definition) is 1. The first-order valence-electron chi connectivity index (χ1n) is 9.05. The SMILES string of the molecule is COc1cc(C(C)(C)F)nc(-n2nc(C3CC3)c3cnc(NC(C)=O)cc32)n1. The van der Waals surface area contributed by atoms with Crippen LogP contribution >= 0.6 is 0 Å². The van der Waals surface area contributed by atoms with Crippen LogP contribution in [0.4, 0.5) is 10.2 Å². The Labute approximate surface area is 161 Å². The molecule has 3 aromatic heterocycles. The monoisotopic (exact) mass is 384 g/mol. The number of halogens is 1. The molecule has 3 aromatic rings. The van der Waals surface area contributed by atoms with Crippen LogP contribution in [0.25, 0.3) is 16.9 Å². The van der Waals surface area contributed by atoms with Gasteiger partial charge in [-0.3, -0.25) is 4.79 Å². The number of pyridine rings is 1. The minimum absolute atomic E-state index is 0.196. The summed E-state index contributed by atoms with van der Waals surface area (Å²) < 4.78 is 21.4. The molecular formula is C19H21FN6O2. The smallest absolute Gasteiger partial charge is 0.254 e. The Morgan fingerprint density at radius 1 is 1.32 bits per heavy atom. The number of nitrogens with zero attached hydrogens (tertiary/aromatic N) is 5. The summed E-state index contributed by atoms with van der Waals surface area (Å²) >= 11 is 0. The van der Waals surface area contributed by atoms with Crippen LogP contribution in [0.5, 0.6) is 5.88 Å². The van der Waals surface area contributed by atoms with Crippen molar-refractivity contribution in [3.8, 4) is 11.8 Å². The summed E-state index contributed by atoms with van der Waals surface area (Å²) in [5.41, 5.74) is 0.124. The van der Waals surface area contributed by atoms with E-state index in [1.807, 2.05) is 0 Å². The van der Waals surface area contributed by atoms with Crippen molar-refractivity contribution >= 4 is 22.6 Å². The number of alkyl halides is 1. The molecule has 1 amide bonds. The highest BCUT2D eigenvalue weighted by Gasteiger charge is 2.31. The van der Waals surface area contributed by atoms with Crippen LogP contribution in [0.15, 0.2) is 18.3 Å². The van der Waals surface area contributed by atoms with Gasteiger partial charge in [0.15, 0.2) is 0 Å². The van der Waals surface area contributed by atoms with E-state index in [0.717, 1.165) is 23.9 Å². The Morgan fingerprint density at radius 2 is 2.07 bits per heavy atom. The van der Waals surface area contributed by atoms with Crippen molar-refractivity contribution in [2.75, 3.05) is 12.4 Å². The maximum Gasteiger partial charge on any atom is 0.254 e. The van der Waals surface area contributed by atoms with Crippen LogP contribution in [0.1, 0.15) is 50.9 Å². The number of ether oxygens (including phenoxy) is 1. The van der Waals surface area contributed by atoms with E-state index in [1.54, 1.807) is 16.9 Å². The van der Waals surface area contributed by atoms with Gasteiger partial charge < -0.3 is 10.1 Å². The van der Waals surface area contributed by atoms with E-state index in [4.69, 9.17) is 9.84 Å². The zero-order valence-corrected chi connectivity index (χ0v) is 16.2. The van der Waals surface area contributed by atoms with E-state index < -0.39 is 5.67 Å². The van der Waals surface area contributed by atoms with Crippen molar-refractivity contribution in [2.45, 2.75) is 45.2 Å². The fraction of sp³-hybridized carbons (Fsp3) is 0.421. The zero-order valence-electron chi connectivity index (χ0n) is 16.2. The lowest BCUT2D eigenvalue weighted by Gasteiger charge is -2.15. The molecule has 4 rings (SSSR count). The molecule has 0 atom stereocenters. The number of carbonyl (C=O) groups is 1. The Kier molecular flexibility index (Phi) is 4.24. The van der Waals surface area contributed by atoms with E-state index in [1.165, 1.54) is 33.9 Å². The highest BCUT2D eigenvalue weighted by atomic mass is 19.1. The second-order valence-corrected chi connectivity index (χ2v) is 7.41. The van der Waals surface area contributed by atoms with Crippen molar-refractivity contribution in [2.24, 2.45) is 0 Å². The molecule has 9 heteroatoms. The Bertz CT molecular complexity index is 1070. The minimum Gasteiger partial charge on any atom is -0.481 e. The molecule has 28 heavy (non-hydrogen) atoms. The highest BCUT2D eigenvalue weighted by molar-refractivity contribution is 5.91. The van der Waals surface area contributed by atoms with Gasteiger partial charge in [-0.25, -0.2) is 14.4 Å². The lowest BCUT2D eigenvalue weighted by Crippen LogP contribution is -2.15. The molecule has 1 fully saturated rings. The van der Waals surface area contributed by atoms with Gasteiger partial charge in [0.25, 0.3) is 5.95 Å². The van der Waals surface area contributed by atoms with Gasteiger partial charge in [0.05, 0.1) is 24.0 Å². The van der Waals surface area contributed by atoms with Gasteiger partial charge in [-0.1, -0.05) is 0 Å². The molecule has 0 spiro atoms. The fourth-order valence-electron chi connectivity index (χ4n) is 3.01. The van der Waals surface area contributed by atoms with Gasteiger partial charge in [-0.15, -0.1) is 0 Å². The number of methoxy groups -OCH3 is 1. The summed E-state index contributed by atoms with van der Waals surface area (Å²) in [5.74, 6) is 0.993. The van der Waals surface area contributed by atoms with Gasteiger partial charge in [0.2, 0.25) is 11.8 Å². The van der Waals surface area contributed by atoms with Crippen molar-refractivity contribution in [1.29, 1.82) is 0 Å². The highest BCUT2D eigenvalue weighted by Crippen LogP contribution is 2.43. The predicted octanol–water partition coefficient (Wildman–Crippen LogP) is 3.26. The van der Waals surface area contributed by atoms with Crippen LogP contribution in [-0.2, 0) is 10.5 Å². The number of fused-ring (bicyclic) bond motifs is 1. The molecule has 1 saturated carbocycles. The third kappa shape index (κ3) is 3.39. The van der Waals surface area contributed by atoms with Crippen LogP contribution in [0.3, 0.4) is 0 Å². The predicted molar refractivity (Wildman–Crippen MR) is 101 cm³/mol. The maximum atomic E-state index is 14.6. The van der Waals surface area contributed by atoms with Gasteiger partial charge in [0, 0.05) is 36.6 Å². The molecule has 3 heterocycles. The number of carbonyl (C=O) groups excluding carboxylic acids is 1. The Morgan fingerprint density at radius 3 is 2.68 bits per heavy atom. The Balaban J connectivity index is 1.93. The fourth-order valence-corrected chi connectivity index (χ4v) is 3.01. The van der Waals surface area contributed by atoms with Crippen LogP contribution in [0, 0.1) is 0 Å². The molecule has 8 nitrogen and oxygen atoms in total. The molecule has 0 bridgehead atoms. The standard InChI is InChI=1S/C19H21FN6O2/c1-10(27)22-15-7-13-12(9-21-15)17(11-5-6-11)25-26(13)18-23-14(19(2,3)20)8-16(24-18)28-4/h7-9,11H,5-6H2,1-4H3,(H,21,22,27). The average Bonchev–Trinajstić information content (AvgIpc) is 3.41. The molecule has 0 aromatic carbocycles. The van der Waals surface area contributed by atoms with Crippen LogP contribution < -0.4 is 10.1 Å². The average molecular weight is 384 g/mol. The largest absolute Gasteiger partial charge is 0.481 e. The number of amides is 1. The molecule has 146 valence electrons. The first-order valence-corrected chi connectivity index (χ1v) is 9.05. The number of hydrogen-bond acceptors (Lipinski definition) is 6. The van der Waals surface area contributed by atoms with Crippen molar-refractivity contribution in [3.63, 3.8) is 0 Å². The first kappa shape index (κ1) is 18.3. The molecular weight excluding hydrogens is 363 g/mol. The van der Waals surface area contributed by atoms with Gasteiger partial charge in [0.1, 0.15) is 11.5 Å². The third-order valence-corrected chi connectivity index (χ3v) is 4.56. The molecule has 1 aliphatic carbocycles. The second kappa shape index (κ2) is 6.50. The van der Waals surface area contributed by atoms with Gasteiger partial charge in [-0.2, -0.15) is 14.8 Å². The number of nitrogens with one attached hydrogen (secondary N) is 1. The zero-order chi connectivity index (χ0) is 20.1. The van der Waals surface area contributed by atoms with Crippen LogP contribution in [-0.4, -0.2) is 37.7 Å². The molecule has 1 N–H and O–H groups in total. The van der Waals surface area contributed by atoms with Crippen molar-refractivity contribution in [1.82, 2.24) is 24.7 Å². The summed E-state index contributed by atoms with van der Waals surface area (Å²) in [5, 5.41) is 8.24. The van der Waals surface area contributed by atoms with E-state index in [0.29, 0.717) is 17.3 Å². The van der Waals surface area contributed by atoms with Crippen molar-refractivity contribution < 1.29 is 13.9 Å². The van der Waals surface area contributed by atoms with E-state index in [9.17, 15) is 9.18 Å². The van der Waals surface area contributed by atoms with Gasteiger partial charge >= 0.3 is 0 Å². The van der Waals surface area contributed by atoms with E-state index in [2.05, 4.69) is 20.3 Å². The second-order valence-electron chi connectivity index (χ2n) is 7.41. The number of aromatic nitrogens is 5. The van der Waals surface area contributed by atoms with Gasteiger partial charge in [-0.05, 0) is 26.7 Å².